The Labute approximate surface area is 106 Å². The van der Waals surface area contributed by atoms with Gasteiger partial charge in [-0.05, 0) is 19.2 Å². The van der Waals surface area contributed by atoms with Gasteiger partial charge >= 0.3 is 0 Å². The molecule has 0 aliphatic heterocycles. The minimum Gasteiger partial charge on any atom is -0.453 e. The molecule has 2 rings (SSSR count). The number of methoxy groups -OCH3 is 1. The highest BCUT2D eigenvalue weighted by molar-refractivity contribution is 5.98. The number of ether oxygens (including phenoxy) is 1. The van der Waals surface area contributed by atoms with Crippen molar-refractivity contribution in [3.05, 3.63) is 36.1 Å². The molecule has 0 fully saturated rings. The van der Waals surface area contributed by atoms with Gasteiger partial charge in [-0.3, -0.25) is 9.69 Å². The van der Waals surface area contributed by atoms with Gasteiger partial charge in [0, 0.05) is 19.0 Å². The van der Waals surface area contributed by atoms with Crippen molar-refractivity contribution in [1.29, 1.82) is 0 Å². The number of hydrogen-bond acceptors (Lipinski definition) is 4. The SMILES string of the molecule is COCCN(C)CC(=O)c1cc2ccccc2o1. The maximum Gasteiger partial charge on any atom is 0.211 e. The molecule has 0 bridgehead atoms. The molecule has 0 unspecified atom stereocenters. The Morgan fingerprint density at radius 2 is 2.17 bits per heavy atom. The molecule has 0 saturated heterocycles. The zero-order chi connectivity index (χ0) is 13.0. The fraction of sp³-hybridized carbons (Fsp3) is 0.357. The number of para-hydroxylation sites is 1. The zero-order valence-corrected chi connectivity index (χ0v) is 10.7. The summed E-state index contributed by atoms with van der Waals surface area (Å²) in [4.78, 5) is 13.9. The van der Waals surface area contributed by atoms with Crippen LogP contribution in [0.2, 0.25) is 0 Å². The van der Waals surface area contributed by atoms with Crippen LogP contribution in [-0.4, -0.2) is 44.5 Å². The Morgan fingerprint density at radius 3 is 2.89 bits per heavy atom. The molecule has 0 atom stereocenters. The van der Waals surface area contributed by atoms with Crippen molar-refractivity contribution in [2.45, 2.75) is 0 Å². The second-order valence-electron chi connectivity index (χ2n) is 4.30. The monoisotopic (exact) mass is 247 g/mol. The average Bonchev–Trinajstić information content (AvgIpc) is 2.80. The fourth-order valence-corrected chi connectivity index (χ4v) is 1.77. The van der Waals surface area contributed by atoms with E-state index in [-0.39, 0.29) is 5.78 Å². The Balaban J connectivity index is 2.04. The molecule has 1 heterocycles. The lowest BCUT2D eigenvalue weighted by Gasteiger charge is -2.13. The van der Waals surface area contributed by atoms with Crippen LogP contribution in [0.3, 0.4) is 0 Å². The number of carbonyl (C=O) groups is 1. The fourth-order valence-electron chi connectivity index (χ4n) is 1.77. The van der Waals surface area contributed by atoms with E-state index >= 15 is 0 Å². The molecule has 0 aliphatic rings. The van der Waals surface area contributed by atoms with Gasteiger partial charge in [-0.15, -0.1) is 0 Å². The molecule has 0 N–H and O–H groups in total. The highest BCUT2D eigenvalue weighted by atomic mass is 16.5. The highest BCUT2D eigenvalue weighted by Gasteiger charge is 2.14. The standard InChI is InChI=1S/C14H17NO3/c1-15(7-8-17-2)10-12(16)14-9-11-5-3-4-6-13(11)18-14/h3-6,9H,7-8,10H2,1-2H3. The summed E-state index contributed by atoms with van der Waals surface area (Å²) in [5.41, 5.74) is 0.750. The third-order valence-corrected chi connectivity index (χ3v) is 2.79. The first-order valence-electron chi connectivity index (χ1n) is 5.90. The Hall–Kier alpha value is -1.65. The first kappa shape index (κ1) is 12.8. The molecule has 0 spiro atoms. The summed E-state index contributed by atoms with van der Waals surface area (Å²) >= 11 is 0. The maximum atomic E-state index is 12.0. The Bertz CT molecular complexity index is 500. The van der Waals surface area contributed by atoms with Crippen molar-refractivity contribution < 1.29 is 13.9 Å². The third kappa shape index (κ3) is 2.97. The summed E-state index contributed by atoms with van der Waals surface area (Å²) in [5.74, 6) is 0.408. The van der Waals surface area contributed by atoms with E-state index in [2.05, 4.69) is 0 Å². The number of likely N-dealkylation sites (N-methyl/N-ethyl adjacent to an activating group) is 1. The number of nitrogens with zero attached hydrogens (tertiary/aromatic N) is 1. The maximum absolute atomic E-state index is 12.0. The normalized spacial score (nSPS) is 11.3. The van der Waals surface area contributed by atoms with Gasteiger partial charge in [0.05, 0.1) is 13.2 Å². The topological polar surface area (TPSA) is 42.7 Å². The quantitative estimate of drug-likeness (QED) is 0.734. The third-order valence-electron chi connectivity index (χ3n) is 2.79. The van der Waals surface area contributed by atoms with Gasteiger partial charge in [-0.1, -0.05) is 18.2 Å². The van der Waals surface area contributed by atoms with Crippen LogP contribution in [0.25, 0.3) is 11.0 Å². The molecule has 4 nitrogen and oxygen atoms in total. The van der Waals surface area contributed by atoms with E-state index in [1.807, 2.05) is 36.2 Å². The molecule has 1 aromatic carbocycles. The largest absolute Gasteiger partial charge is 0.453 e. The lowest BCUT2D eigenvalue weighted by Crippen LogP contribution is -2.28. The van der Waals surface area contributed by atoms with E-state index in [4.69, 9.17) is 9.15 Å². The van der Waals surface area contributed by atoms with Crippen molar-refractivity contribution in [3.8, 4) is 0 Å². The molecule has 1 aromatic heterocycles. The van der Waals surface area contributed by atoms with Gasteiger partial charge in [0.2, 0.25) is 5.78 Å². The smallest absolute Gasteiger partial charge is 0.211 e. The molecule has 0 radical (unpaired) electrons. The first-order valence-corrected chi connectivity index (χ1v) is 5.90. The second kappa shape index (κ2) is 5.80. The molecule has 0 aliphatic carbocycles. The van der Waals surface area contributed by atoms with Crippen LogP contribution in [0.15, 0.2) is 34.7 Å². The molecular weight excluding hydrogens is 230 g/mol. The minimum absolute atomic E-state index is 0.00944. The molecular formula is C14H17NO3. The second-order valence-corrected chi connectivity index (χ2v) is 4.30. The number of hydrogen-bond donors (Lipinski definition) is 0. The van der Waals surface area contributed by atoms with Crippen molar-refractivity contribution in [1.82, 2.24) is 4.90 Å². The summed E-state index contributed by atoms with van der Waals surface area (Å²) in [6.07, 6.45) is 0. The van der Waals surface area contributed by atoms with Gasteiger partial charge in [0.15, 0.2) is 5.76 Å². The van der Waals surface area contributed by atoms with E-state index in [0.29, 0.717) is 18.9 Å². The summed E-state index contributed by atoms with van der Waals surface area (Å²) in [5, 5.41) is 0.959. The molecule has 96 valence electrons. The Kier molecular flexibility index (Phi) is 4.12. The predicted octanol–water partition coefficient (Wildman–Crippen LogP) is 2.19. The highest BCUT2D eigenvalue weighted by Crippen LogP contribution is 2.19. The van der Waals surface area contributed by atoms with Crippen LogP contribution in [0.4, 0.5) is 0 Å². The van der Waals surface area contributed by atoms with E-state index < -0.39 is 0 Å². The predicted molar refractivity (Wildman–Crippen MR) is 69.9 cm³/mol. The van der Waals surface area contributed by atoms with Crippen LogP contribution in [0, 0.1) is 0 Å². The summed E-state index contributed by atoms with van der Waals surface area (Å²) < 4.78 is 10.5. The van der Waals surface area contributed by atoms with Crippen molar-refractivity contribution in [2.24, 2.45) is 0 Å². The molecule has 4 heteroatoms. The van der Waals surface area contributed by atoms with Gasteiger partial charge in [-0.25, -0.2) is 0 Å². The molecule has 0 saturated carbocycles. The summed E-state index contributed by atoms with van der Waals surface area (Å²) in [6.45, 7) is 1.68. The number of rotatable bonds is 6. The lowest BCUT2D eigenvalue weighted by molar-refractivity contribution is 0.0898. The van der Waals surface area contributed by atoms with Crippen LogP contribution in [0.5, 0.6) is 0 Å². The molecule has 0 amide bonds. The minimum atomic E-state index is -0.00944. The van der Waals surface area contributed by atoms with E-state index in [0.717, 1.165) is 17.5 Å². The van der Waals surface area contributed by atoms with Gasteiger partial charge in [-0.2, -0.15) is 0 Å². The van der Waals surface area contributed by atoms with Crippen LogP contribution in [0.1, 0.15) is 10.6 Å². The number of benzene rings is 1. The van der Waals surface area contributed by atoms with Crippen LogP contribution in [-0.2, 0) is 4.74 Å². The van der Waals surface area contributed by atoms with Crippen LogP contribution < -0.4 is 0 Å². The van der Waals surface area contributed by atoms with Gasteiger partial charge in [0.25, 0.3) is 0 Å². The number of fused-ring (bicyclic) bond motifs is 1. The van der Waals surface area contributed by atoms with Gasteiger partial charge < -0.3 is 9.15 Å². The summed E-state index contributed by atoms with van der Waals surface area (Å²) in [7, 11) is 3.54. The van der Waals surface area contributed by atoms with Gasteiger partial charge in [0.1, 0.15) is 5.58 Å². The number of Topliss-reactive ketones (excluding diaryl/α,β-unsaturated/α-hetero) is 1. The zero-order valence-electron chi connectivity index (χ0n) is 10.7. The lowest BCUT2D eigenvalue weighted by atomic mass is 10.2. The van der Waals surface area contributed by atoms with Crippen molar-refractivity contribution >= 4 is 16.8 Å². The van der Waals surface area contributed by atoms with E-state index in [9.17, 15) is 4.79 Å². The molecule has 18 heavy (non-hydrogen) atoms. The van der Waals surface area contributed by atoms with E-state index in [1.165, 1.54) is 0 Å². The van der Waals surface area contributed by atoms with Crippen molar-refractivity contribution in [3.63, 3.8) is 0 Å². The Morgan fingerprint density at radius 1 is 1.39 bits per heavy atom. The van der Waals surface area contributed by atoms with E-state index in [1.54, 1.807) is 13.2 Å². The number of carbonyl (C=O) groups excluding carboxylic acids is 1. The summed E-state index contributed by atoms with van der Waals surface area (Å²) in [6, 6.07) is 9.41. The van der Waals surface area contributed by atoms with Crippen molar-refractivity contribution in [2.75, 3.05) is 33.9 Å². The van der Waals surface area contributed by atoms with Crippen LogP contribution >= 0.6 is 0 Å². The first-order chi connectivity index (χ1) is 8.70. The molecule has 2 aromatic rings. The number of furan rings is 1. The number of ketones is 1. The average molecular weight is 247 g/mol.